The lowest BCUT2D eigenvalue weighted by Crippen LogP contribution is -2.34. The predicted octanol–water partition coefficient (Wildman–Crippen LogP) is 3.45. The number of benzene rings is 1. The molecule has 7 heteroatoms. The number of aromatic nitrogens is 4. The second-order valence-corrected chi connectivity index (χ2v) is 8.05. The highest BCUT2D eigenvalue weighted by molar-refractivity contribution is 5.79. The molecule has 158 valence electrons. The molecule has 4 aromatic rings. The number of aryl methyl sites for hydroxylation is 1. The van der Waals surface area contributed by atoms with Gasteiger partial charge in [0.25, 0.3) is 5.56 Å². The number of carbonyl (C=O) groups excluding carboxylic acids is 1. The summed E-state index contributed by atoms with van der Waals surface area (Å²) in [6.07, 6.45) is 1.97. The minimum atomic E-state index is -0.371. The van der Waals surface area contributed by atoms with Gasteiger partial charge in [-0.15, -0.1) is 0 Å². The van der Waals surface area contributed by atoms with Crippen molar-refractivity contribution >= 4 is 11.6 Å². The van der Waals surface area contributed by atoms with Crippen molar-refractivity contribution in [3.63, 3.8) is 0 Å². The molecule has 0 aliphatic rings. The molecule has 0 saturated heterocycles. The third-order valence-corrected chi connectivity index (χ3v) is 5.20. The van der Waals surface area contributed by atoms with Crippen LogP contribution in [0.15, 0.2) is 65.6 Å². The van der Waals surface area contributed by atoms with Crippen LogP contribution in [-0.2, 0) is 11.2 Å². The molecule has 1 amide bonds. The summed E-state index contributed by atoms with van der Waals surface area (Å²) in [5.74, 6) is -0.0432. The number of fused-ring (bicyclic) bond motifs is 1. The molecule has 31 heavy (non-hydrogen) atoms. The zero-order valence-electron chi connectivity index (χ0n) is 17.8. The molecule has 0 aliphatic heterocycles. The van der Waals surface area contributed by atoms with Crippen molar-refractivity contribution in [1.29, 1.82) is 0 Å². The second-order valence-electron chi connectivity index (χ2n) is 8.05. The largest absolute Gasteiger partial charge is 0.347 e. The van der Waals surface area contributed by atoms with Crippen molar-refractivity contribution in [3.05, 3.63) is 88.0 Å². The number of hydrogen-bond acceptors (Lipinski definition) is 4. The molecule has 1 atom stereocenters. The normalized spacial score (nSPS) is 12.3. The van der Waals surface area contributed by atoms with Crippen LogP contribution in [0.5, 0.6) is 0 Å². The molecule has 0 aliphatic carbocycles. The summed E-state index contributed by atoms with van der Waals surface area (Å²) in [5.41, 5.74) is 4.32. The van der Waals surface area contributed by atoms with E-state index < -0.39 is 0 Å². The highest BCUT2D eigenvalue weighted by Gasteiger charge is 2.22. The maximum absolute atomic E-state index is 12.7. The van der Waals surface area contributed by atoms with Crippen molar-refractivity contribution in [2.24, 2.45) is 5.92 Å². The van der Waals surface area contributed by atoms with Gasteiger partial charge in [0, 0.05) is 18.3 Å². The topological polar surface area (TPSA) is 92.2 Å². The van der Waals surface area contributed by atoms with Crippen LogP contribution in [0.2, 0.25) is 0 Å². The van der Waals surface area contributed by atoms with Gasteiger partial charge in [-0.25, -0.2) is 9.50 Å². The number of amides is 1. The summed E-state index contributed by atoms with van der Waals surface area (Å²) in [6, 6.07) is 16.4. The molecule has 2 N–H and O–H groups in total. The summed E-state index contributed by atoms with van der Waals surface area (Å²) in [4.78, 5) is 34.4. The van der Waals surface area contributed by atoms with E-state index in [1.54, 1.807) is 12.3 Å². The first-order valence-electron chi connectivity index (χ1n) is 10.3. The first kappa shape index (κ1) is 20.5. The molecular weight excluding hydrogens is 390 g/mol. The van der Waals surface area contributed by atoms with Crippen molar-refractivity contribution in [2.75, 3.05) is 0 Å². The second kappa shape index (κ2) is 8.55. The molecule has 0 saturated carbocycles. The molecule has 0 spiro atoms. The zero-order chi connectivity index (χ0) is 22.0. The van der Waals surface area contributed by atoms with Crippen LogP contribution >= 0.6 is 0 Å². The Morgan fingerprint density at radius 3 is 2.58 bits per heavy atom. The van der Waals surface area contributed by atoms with Gasteiger partial charge in [0.1, 0.15) is 0 Å². The van der Waals surface area contributed by atoms with E-state index in [2.05, 4.69) is 20.4 Å². The van der Waals surface area contributed by atoms with Crippen LogP contribution in [0.4, 0.5) is 0 Å². The summed E-state index contributed by atoms with van der Waals surface area (Å²) in [7, 11) is 0. The summed E-state index contributed by atoms with van der Waals surface area (Å²) in [6.45, 7) is 6.01. The highest BCUT2D eigenvalue weighted by Crippen LogP contribution is 2.21. The summed E-state index contributed by atoms with van der Waals surface area (Å²) >= 11 is 0. The van der Waals surface area contributed by atoms with Gasteiger partial charge in [0.15, 0.2) is 5.65 Å². The summed E-state index contributed by atoms with van der Waals surface area (Å²) in [5, 5.41) is 6.10. The van der Waals surface area contributed by atoms with Crippen molar-refractivity contribution in [1.82, 2.24) is 24.9 Å². The molecule has 3 heterocycles. The predicted molar refractivity (Wildman–Crippen MR) is 120 cm³/mol. The number of nitrogens with zero attached hydrogens (tertiary/aromatic N) is 3. The third-order valence-electron chi connectivity index (χ3n) is 5.20. The Hall–Kier alpha value is -3.74. The van der Waals surface area contributed by atoms with E-state index in [0.29, 0.717) is 17.0 Å². The molecular formula is C24H25N5O2. The number of rotatable bonds is 6. The molecule has 1 aromatic carbocycles. The molecule has 0 fully saturated rings. The lowest BCUT2D eigenvalue weighted by Gasteiger charge is -2.22. The van der Waals surface area contributed by atoms with E-state index in [4.69, 9.17) is 0 Å². The number of pyridine rings is 1. The molecule has 4 rings (SSSR count). The third kappa shape index (κ3) is 4.55. The van der Waals surface area contributed by atoms with E-state index >= 15 is 0 Å². The zero-order valence-corrected chi connectivity index (χ0v) is 17.8. The van der Waals surface area contributed by atoms with E-state index in [-0.39, 0.29) is 29.8 Å². The average molecular weight is 415 g/mol. The first-order chi connectivity index (χ1) is 14.9. The lowest BCUT2D eigenvalue weighted by molar-refractivity contribution is -0.121. The van der Waals surface area contributed by atoms with Crippen LogP contribution in [0, 0.1) is 12.8 Å². The minimum Gasteiger partial charge on any atom is -0.347 e. The monoisotopic (exact) mass is 415 g/mol. The van der Waals surface area contributed by atoms with E-state index in [9.17, 15) is 9.59 Å². The van der Waals surface area contributed by atoms with Crippen LogP contribution in [0.25, 0.3) is 17.0 Å². The fraction of sp³-hybridized carbons (Fsp3) is 0.250. The van der Waals surface area contributed by atoms with Gasteiger partial charge in [0.05, 0.1) is 29.5 Å². The Balaban J connectivity index is 1.61. The smallest absolute Gasteiger partial charge is 0.272 e. The van der Waals surface area contributed by atoms with Crippen molar-refractivity contribution < 1.29 is 4.79 Å². The van der Waals surface area contributed by atoms with Gasteiger partial charge in [-0.2, -0.15) is 0 Å². The van der Waals surface area contributed by atoms with Gasteiger partial charge in [-0.05, 0) is 30.5 Å². The van der Waals surface area contributed by atoms with Gasteiger partial charge < -0.3 is 5.32 Å². The molecule has 3 aromatic heterocycles. The minimum absolute atomic E-state index is 0.0607. The van der Waals surface area contributed by atoms with Crippen molar-refractivity contribution in [3.8, 4) is 11.4 Å². The van der Waals surface area contributed by atoms with Crippen molar-refractivity contribution in [2.45, 2.75) is 33.2 Å². The van der Waals surface area contributed by atoms with Gasteiger partial charge in [0.2, 0.25) is 5.91 Å². The molecule has 0 unspecified atom stereocenters. The highest BCUT2D eigenvalue weighted by atomic mass is 16.1. The lowest BCUT2D eigenvalue weighted by atomic mass is 10.00. The average Bonchev–Trinajstić information content (AvgIpc) is 3.19. The number of nitrogens with one attached hydrogen (secondary N) is 2. The maximum Gasteiger partial charge on any atom is 0.272 e. The van der Waals surface area contributed by atoms with Crippen LogP contribution < -0.4 is 10.9 Å². The Morgan fingerprint density at radius 1 is 1.13 bits per heavy atom. The Morgan fingerprint density at radius 2 is 1.90 bits per heavy atom. The van der Waals surface area contributed by atoms with Crippen LogP contribution in [0.1, 0.15) is 36.7 Å². The fourth-order valence-corrected chi connectivity index (χ4v) is 3.52. The Kier molecular flexibility index (Phi) is 5.66. The number of carbonyl (C=O) groups is 1. The molecule has 0 bridgehead atoms. The van der Waals surface area contributed by atoms with Gasteiger partial charge in [-0.3, -0.25) is 19.7 Å². The SMILES string of the molecule is Cc1ccc(CC(=O)N[C@@H](c2cc(=O)n3[nH]c(-c4ccccn4)cc3n2)C(C)C)cc1. The standard InChI is InChI=1S/C24H25N5O2/c1-15(2)24(27-22(30)12-17-9-7-16(3)8-10-17)20-14-23(31)29-21(26-20)13-19(28-29)18-6-4-5-11-25-18/h4-11,13-15,24,28H,12H2,1-3H3,(H,27,30)/t24-/m1/s1. The van der Waals surface area contributed by atoms with Gasteiger partial charge in [-0.1, -0.05) is 49.7 Å². The van der Waals surface area contributed by atoms with Crippen LogP contribution in [0.3, 0.4) is 0 Å². The van der Waals surface area contributed by atoms with Gasteiger partial charge >= 0.3 is 0 Å². The Labute approximate surface area is 180 Å². The fourth-order valence-electron chi connectivity index (χ4n) is 3.52. The number of H-pyrrole nitrogens is 1. The van der Waals surface area contributed by atoms with E-state index in [1.165, 1.54) is 10.6 Å². The molecule has 7 nitrogen and oxygen atoms in total. The number of hydrogen-bond donors (Lipinski definition) is 2. The summed E-state index contributed by atoms with van der Waals surface area (Å²) < 4.78 is 1.39. The van der Waals surface area contributed by atoms with E-state index in [0.717, 1.165) is 16.8 Å². The van der Waals surface area contributed by atoms with E-state index in [1.807, 2.05) is 63.2 Å². The first-order valence-corrected chi connectivity index (χ1v) is 10.3. The molecule has 0 radical (unpaired) electrons. The quantitative estimate of drug-likeness (QED) is 0.505. The Bertz CT molecular complexity index is 1260. The number of aromatic amines is 1. The maximum atomic E-state index is 12.7. The van der Waals surface area contributed by atoms with Crippen LogP contribution in [-0.4, -0.2) is 25.5 Å².